The third kappa shape index (κ3) is 26.4. The van der Waals surface area contributed by atoms with E-state index < -0.39 is 0 Å². The molecule has 10 heteroatoms. The van der Waals surface area contributed by atoms with E-state index in [0.717, 1.165) is 18.6 Å². The zero-order valence-corrected chi connectivity index (χ0v) is 24.5. The van der Waals surface area contributed by atoms with E-state index in [1.54, 1.807) is 0 Å². The average molecular weight is 573 g/mol. The van der Waals surface area contributed by atoms with Gasteiger partial charge in [0, 0.05) is 6.42 Å². The maximum atomic E-state index is 11.6. The molecular weight excluding hydrogens is 520 g/mol. The number of hydrogen-bond donors (Lipinski definition) is 0. The molecule has 0 spiro atoms. The van der Waals surface area contributed by atoms with Gasteiger partial charge in [0.05, 0.1) is 92.5 Å². The molecule has 0 atom stereocenters. The Morgan fingerprint density at radius 3 is 1.35 bits per heavy atom. The van der Waals surface area contributed by atoms with Gasteiger partial charge in [0.2, 0.25) is 0 Å². The predicted molar refractivity (Wildman–Crippen MR) is 152 cm³/mol. The summed E-state index contributed by atoms with van der Waals surface area (Å²) in [4.78, 5) is 11.6. The molecule has 0 fully saturated rings. The van der Waals surface area contributed by atoms with E-state index in [9.17, 15) is 4.79 Å². The highest BCUT2D eigenvalue weighted by Crippen LogP contribution is 2.07. The maximum Gasteiger partial charge on any atom is 0.305 e. The number of esters is 1. The highest BCUT2D eigenvalue weighted by atomic mass is 16.6. The van der Waals surface area contributed by atoms with Crippen LogP contribution in [0.15, 0.2) is 30.3 Å². The zero-order chi connectivity index (χ0) is 28.6. The minimum Gasteiger partial charge on any atom is -0.491 e. The van der Waals surface area contributed by atoms with Crippen LogP contribution in [0, 0.1) is 0 Å². The van der Waals surface area contributed by atoms with Crippen molar-refractivity contribution in [3.63, 3.8) is 0 Å². The Morgan fingerprint density at radius 2 is 0.900 bits per heavy atom. The monoisotopic (exact) mass is 572 g/mol. The van der Waals surface area contributed by atoms with E-state index in [0.29, 0.717) is 106 Å². The molecule has 0 heterocycles. The lowest BCUT2D eigenvalue weighted by atomic mass is 10.1. The Kier molecular flexibility index (Phi) is 27.3. The van der Waals surface area contributed by atoms with E-state index in [4.69, 9.17) is 42.6 Å². The molecule has 10 nitrogen and oxygen atoms in total. The van der Waals surface area contributed by atoms with E-state index >= 15 is 0 Å². The van der Waals surface area contributed by atoms with Gasteiger partial charge in [-0.15, -0.1) is 0 Å². The van der Waals surface area contributed by atoms with Crippen LogP contribution in [0.3, 0.4) is 0 Å². The zero-order valence-electron chi connectivity index (χ0n) is 24.5. The van der Waals surface area contributed by atoms with Crippen LogP contribution in [0.4, 0.5) is 0 Å². The van der Waals surface area contributed by atoms with Gasteiger partial charge in [-0.3, -0.25) is 4.79 Å². The van der Waals surface area contributed by atoms with Crippen molar-refractivity contribution in [3.05, 3.63) is 30.3 Å². The minimum absolute atomic E-state index is 0.144. The SMILES string of the molecule is CCCCCCCC(=O)OCCOCCOCCOCCOCCOCCOCCOCCOc1ccccc1. The second kappa shape index (κ2) is 30.2. The topological polar surface area (TPSA) is 100 Å². The molecule has 0 radical (unpaired) electrons. The Morgan fingerprint density at radius 1 is 0.500 bits per heavy atom. The van der Waals surface area contributed by atoms with Gasteiger partial charge in [0.1, 0.15) is 19.0 Å². The van der Waals surface area contributed by atoms with Crippen molar-refractivity contribution >= 4 is 5.97 Å². The highest BCUT2D eigenvalue weighted by Gasteiger charge is 2.02. The third-order valence-corrected chi connectivity index (χ3v) is 5.45. The number of unbranched alkanes of at least 4 members (excludes halogenated alkanes) is 4. The van der Waals surface area contributed by atoms with Crippen molar-refractivity contribution in [1.82, 2.24) is 0 Å². The summed E-state index contributed by atoms with van der Waals surface area (Å²) in [5.74, 6) is 0.700. The first-order valence-electron chi connectivity index (χ1n) is 14.7. The summed E-state index contributed by atoms with van der Waals surface area (Å²) in [7, 11) is 0. The van der Waals surface area contributed by atoms with Crippen molar-refractivity contribution in [3.8, 4) is 5.75 Å². The van der Waals surface area contributed by atoms with Crippen LogP contribution in [-0.4, -0.2) is 112 Å². The van der Waals surface area contributed by atoms with Crippen molar-refractivity contribution in [2.75, 3.05) is 106 Å². The van der Waals surface area contributed by atoms with Gasteiger partial charge in [-0.25, -0.2) is 0 Å². The number of para-hydroxylation sites is 1. The Hall–Kier alpha value is -1.79. The lowest BCUT2D eigenvalue weighted by Gasteiger charge is -2.09. The van der Waals surface area contributed by atoms with Crippen molar-refractivity contribution in [2.45, 2.75) is 45.4 Å². The molecule has 1 rings (SSSR count). The first-order valence-corrected chi connectivity index (χ1v) is 14.7. The molecule has 0 unspecified atom stereocenters. The first-order chi connectivity index (χ1) is 19.8. The van der Waals surface area contributed by atoms with Crippen LogP contribution in [-0.2, 0) is 42.7 Å². The molecule has 0 N–H and O–H groups in total. The van der Waals surface area contributed by atoms with Crippen LogP contribution in [0.25, 0.3) is 0 Å². The quantitative estimate of drug-likeness (QED) is 0.0956. The van der Waals surface area contributed by atoms with E-state index in [1.165, 1.54) is 19.3 Å². The number of rotatable bonds is 31. The summed E-state index contributed by atoms with van der Waals surface area (Å²) in [5, 5.41) is 0. The number of hydrogen-bond acceptors (Lipinski definition) is 10. The van der Waals surface area contributed by atoms with Crippen LogP contribution in [0.2, 0.25) is 0 Å². The van der Waals surface area contributed by atoms with Crippen LogP contribution < -0.4 is 4.74 Å². The Labute approximate surface area is 240 Å². The Bertz CT molecular complexity index is 647. The van der Waals surface area contributed by atoms with Gasteiger partial charge in [0.15, 0.2) is 0 Å². The molecule has 0 aliphatic carbocycles. The van der Waals surface area contributed by atoms with Crippen molar-refractivity contribution in [2.24, 2.45) is 0 Å². The smallest absolute Gasteiger partial charge is 0.305 e. The standard InChI is InChI=1S/C30H52O10/c1-2-3-4-5-9-12-30(31)40-28-26-38-24-22-36-20-18-34-16-14-32-13-15-33-17-19-35-21-23-37-25-27-39-29-10-7-6-8-11-29/h6-8,10-11H,2-5,9,12-28H2,1H3. The first kappa shape index (κ1) is 36.2. The molecule has 1 aromatic carbocycles. The molecule has 40 heavy (non-hydrogen) atoms. The maximum absolute atomic E-state index is 11.6. The summed E-state index contributed by atoms with van der Waals surface area (Å²) in [6, 6.07) is 9.67. The number of ether oxygens (including phenoxy) is 9. The van der Waals surface area contributed by atoms with Crippen LogP contribution in [0.1, 0.15) is 45.4 Å². The van der Waals surface area contributed by atoms with Gasteiger partial charge in [-0.2, -0.15) is 0 Å². The normalized spacial score (nSPS) is 11.1. The fraction of sp³-hybridized carbons (Fsp3) is 0.767. The number of carbonyl (C=O) groups is 1. The molecule has 0 aromatic heterocycles. The minimum atomic E-state index is -0.144. The predicted octanol–water partition coefficient (Wildman–Crippen LogP) is 4.09. The van der Waals surface area contributed by atoms with Gasteiger partial charge >= 0.3 is 5.97 Å². The summed E-state index contributed by atoms with van der Waals surface area (Å²) in [5.41, 5.74) is 0. The molecule has 1 aromatic rings. The van der Waals surface area contributed by atoms with E-state index in [-0.39, 0.29) is 12.6 Å². The van der Waals surface area contributed by atoms with Gasteiger partial charge in [0.25, 0.3) is 0 Å². The molecule has 232 valence electrons. The van der Waals surface area contributed by atoms with E-state index in [1.807, 2.05) is 30.3 Å². The molecule has 0 amide bonds. The molecule has 0 saturated carbocycles. The number of carbonyl (C=O) groups excluding carboxylic acids is 1. The van der Waals surface area contributed by atoms with Gasteiger partial charge in [-0.05, 0) is 18.6 Å². The van der Waals surface area contributed by atoms with Gasteiger partial charge in [-0.1, -0.05) is 50.8 Å². The summed E-state index contributed by atoms with van der Waals surface area (Å²) < 4.78 is 48.9. The molecule has 0 bridgehead atoms. The van der Waals surface area contributed by atoms with Crippen LogP contribution >= 0.6 is 0 Å². The van der Waals surface area contributed by atoms with Gasteiger partial charge < -0.3 is 42.6 Å². The Balaban J connectivity index is 1.65. The third-order valence-electron chi connectivity index (χ3n) is 5.45. The summed E-state index contributed by atoms with van der Waals surface area (Å²) in [6.07, 6.45) is 6.09. The molecule has 0 saturated heterocycles. The summed E-state index contributed by atoms with van der Waals surface area (Å²) >= 11 is 0. The van der Waals surface area contributed by atoms with Crippen molar-refractivity contribution < 1.29 is 47.4 Å². The lowest BCUT2D eigenvalue weighted by molar-refractivity contribution is -0.145. The fourth-order valence-corrected chi connectivity index (χ4v) is 3.32. The average Bonchev–Trinajstić information content (AvgIpc) is 2.97. The summed E-state index contributed by atoms with van der Waals surface area (Å²) in [6.45, 7) is 9.93. The van der Waals surface area contributed by atoms with Crippen LogP contribution in [0.5, 0.6) is 5.75 Å². The highest BCUT2D eigenvalue weighted by molar-refractivity contribution is 5.69. The lowest BCUT2D eigenvalue weighted by Crippen LogP contribution is -2.15. The number of benzene rings is 1. The molecule has 0 aliphatic rings. The molecule has 0 aliphatic heterocycles. The second-order valence-electron chi connectivity index (χ2n) is 8.83. The fourth-order valence-electron chi connectivity index (χ4n) is 3.32. The molecular formula is C30H52O10. The largest absolute Gasteiger partial charge is 0.491 e. The second-order valence-corrected chi connectivity index (χ2v) is 8.83. The van der Waals surface area contributed by atoms with Crippen molar-refractivity contribution in [1.29, 1.82) is 0 Å². The van der Waals surface area contributed by atoms with E-state index in [2.05, 4.69) is 6.92 Å².